The number of benzene rings is 1. The second kappa shape index (κ2) is 8.25. The van der Waals surface area contributed by atoms with E-state index in [1.807, 2.05) is 6.92 Å². The Labute approximate surface area is 175 Å². The van der Waals surface area contributed by atoms with Gasteiger partial charge in [0.15, 0.2) is 0 Å². The first-order chi connectivity index (χ1) is 14.2. The second-order valence-electron chi connectivity index (χ2n) is 9.49. The maximum atomic E-state index is 5.82. The van der Waals surface area contributed by atoms with Gasteiger partial charge in [0.25, 0.3) is 0 Å². The van der Waals surface area contributed by atoms with Gasteiger partial charge in [0.05, 0.1) is 6.54 Å². The first-order valence-electron chi connectivity index (χ1n) is 11.5. The minimum Gasteiger partial charge on any atom is -0.465 e. The van der Waals surface area contributed by atoms with Gasteiger partial charge >= 0.3 is 0 Å². The summed E-state index contributed by atoms with van der Waals surface area (Å²) in [6, 6.07) is 13.5. The second-order valence-corrected chi connectivity index (χ2v) is 9.49. The van der Waals surface area contributed by atoms with E-state index in [4.69, 9.17) is 4.42 Å². The molecule has 156 valence electrons. The zero-order valence-corrected chi connectivity index (χ0v) is 17.9. The fourth-order valence-corrected chi connectivity index (χ4v) is 5.79. The molecule has 4 heteroatoms. The van der Waals surface area contributed by atoms with Gasteiger partial charge in [-0.2, -0.15) is 0 Å². The number of furan rings is 1. The van der Waals surface area contributed by atoms with Crippen molar-refractivity contribution in [2.75, 3.05) is 45.8 Å². The molecule has 0 saturated carbocycles. The molecule has 2 fully saturated rings. The van der Waals surface area contributed by atoms with Gasteiger partial charge in [-0.15, -0.1) is 0 Å². The van der Waals surface area contributed by atoms with Gasteiger partial charge in [-0.3, -0.25) is 9.80 Å². The number of hydrogen-bond acceptors (Lipinski definition) is 4. The Hall–Kier alpha value is -1.62. The molecule has 29 heavy (non-hydrogen) atoms. The molecule has 4 heterocycles. The molecule has 3 aliphatic rings. The summed E-state index contributed by atoms with van der Waals surface area (Å²) in [4.78, 5) is 7.97. The normalized spacial score (nSPS) is 22.9. The van der Waals surface area contributed by atoms with Crippen LogP contribution in [0.2, 0.25) is 0 Å². The van der Waals surface area contributed by atoms with E-state index in [0.717, 1.165) is 37.7 Å². The Morgan fingerprint density at radius 2 is 1.62 bits per heavy atom. The summed E-state index contributed by atoms with van der Waals surface area (Å²) in [5.74, 6) is 2.12. The van der Waals surface area contributed by atoms with Crippen LogP contribution < -0.4 is 0 Å². The minimum absolute atomic E-state index is 0.329. The number of piperidine rings is 1. The summed E-state index contributed by atoms with van der Waals surface area (Å²) in [6.07, 6.45) is 5.28. The Kier molecular flexibility index (Phi) is 5.51. The summed E-state index contributed by atoms with van der Waals surface area (Å²) >= 11 is 0. The highest BCUT2D eigenvalue weighted by atomic mass is 16.3. The lowest BCUT2D eigenvalue weighted by Gasteiger charge is -2.49. The SMILES string of the molecule is Cc1ccc(CN2CCC3(CC2)CN(CCN2CCCC2)Cc2ccccc23)o1. The lowest BCUT2D eigenvalue weighted by molar-refractivity contribution is 0.0861. The van der Waals surface area contributed by atoms with Crippen LogP contribution in [0.4, 0.5) is 0 Å². The van der Waals surface area contributed by atoms with Gasteiger partial charge < -0.3 is 9.32 Å². The molecule has 1 aromatic carbocycles. The monoisotopic (exact) mass is 393 g/mol. The first-order valence-corrected chi connectivity index (χ1v) is 11.5. The number of fused-ring (bicyclic) bond motifs is 2. The van der Waals surface area contributed by atoms with E-state index in [-0.39, 0.29) is 0 Å². The van der Waals surface area contributed by atoms with E-state index >= 15 is 0 Å². The van der Waals surface area contributed by atoms with E-state index in [9.17, 15) is 0 Å². The zero-order valence-electron chi connectivity index (χ0n) is 17.9. The van der Waals surface area contributed by atoms with Crippen LogP contribution in [0.25, 0.3) is 0 Å². The smallest absolute Gasteiger partial charge is 0.118 e. The average molecular weight is 394 g/mol. The van der Waals surface area contributed by atoms with Gasteiger partial charge in [0, 0.05) is 31.6 Å². The van der Waals surface area contributed by atoms with E-state index in [1.165, 1.54) is 58.4 Å². The van der Waals surface area contributed by atoms with Crippen LogP contribution in [0, 0.1) is 6.92 Å². The van der Waals surface area contributed by atoms with Crippen molar-refractivity contribution in [3.8, 4) is 0 Å². The molecule has 0 unspecified atom stereocenters. The van der Waals surface area contributed by atoms with Gasteiger partial charge in [0.2, 0.25) is 0 Å². The largest absolute Gasteiger partial charge is 0.465 e. The van der Waals surface area contributed by atoms with E-state index in [0.29, 0.717) is 5.41 Å². The first kappa shape index (κ1) is 19.3. The van der Waals surface area contributed by atoms with Gasteiger partial charge in [0.1, 0.15) is 11.5 Å². The maximum Gasteiger partial charge on any atom is 0.118 e. The van der Waals surface area contributed by atoms with Gasteiger partial charge in [-0.1, -0.05) is 24.3 Å². The van der Waals surface area contributed by atoms with E-state index in [2.05, 4.69) is 51.1 Å². The van der Waals surface area contributed by atoms with Crippen LogP contribution in [0.15, 0.2) is 40.8 Å². The van der Waals surface area contributed by atoms with Crippen molar-refractivity contribution in [3.63, 3.8) is 0 Å². The topological polar surface area (TPSA) is 22.9 Å². The van der Waals surface area contributed by atoms with Gasteiger partial charge in [-0.25, -0.2) is 0 Å². The number of rotatable bonds is 5. The van der Waals surface area contributed by atoms with Crippen molar-refractivity contribution in [2.24, 2.45) is 0 Å². The predicted octanol–water partition coefficient (Wildman–Crippen LogP) is 4.03. The third-order valence-corrected chi connectivity index (χ3v) is 7.43. The summed E-state index contributed by atoms with van der Waals surface area (Å²) in [6.45, 7) is 12.7. The molecule has 2 saturated heterocycles. The number of likely N-dealkylation sites (tertiary alicyclic amines) is 2. The molecule has 4 nitrogen and oxygen atoms in total. The van der Waals surface area contributed by atoms with Crippen molar-refractivity contribution in [3.05, 3.63) is 59.0 Å². The number of nitrogens with zero attached hydrogens (tertiary/aromatic N) is 3. The van der Waals surface area contributed by atoms with Gasteiger partial charge in [-0.05, 0) is 82.0 Å². The molecule has 5 rings (SSSR count). The Balaban J connectivity index is 1.27. The molecule has 1 aromatic heterocycles. The number of aryl methyl sites for hydroxylation is 1. The minimum atomic E-state index is 0.329. The fraction of sp³-hybridized carbons (Fsp3) is 0.600. The molecule has 0 N–H and O–H groups in total. The summed E-state index contributed by atoms with van der Waals surface area (Å²) in [5.41, 5.74) is 3.52. The van der Waals surface area contributed by atoms with Crippen molar-refractivity contribution in [1.82, 2.24) is 14.7 Å². The third-order valence-electron chi connectivity index (χ3n) is 7.43. The standard InChI is InChI=1S/C25H35N3O/c1-21-8-9-23(29-21)19-27-14-10-25(11-15-27)20-28(17-16-26-12-4-5-13-26)18-22-6-2-3-7-24(22)25/h2-3,6-9H,4-5,10-20H2,1H3. The van der Waals surface area contributed by atoms with Crippen LogP contribution in [0.3, 0.4) is 0 Å². The molecule has 0 aliphatic carbocycles. The van der Waals surface area contributed by atoms with E-state index in [1.54, 1.807) is 11.1 Å². The lowest BCUT2D eigenvalue weighted by atomic mass is 9.69. The highest BCUT2D eigenvalue weighted by molar-refractivity contribution is 5.38. The van der Waals surface area contributed by atoms with Crippen LogP contribution in [-0.4, -0.2) is 60.5 Å². The van der Waals surface area contributed by atoms with Crippen molar-refractivity contribution in [2.45, 2.75) is 51.1 Å². The highest BCUT2D eigenvalue weighted by Gasteiger charge is 2.41. The van der Waals surface area contributed by atoms with Crippen molar-refractivity contribution in [1.29, 1.82) is 0 Å². The summed E-state index contributed by atoms with van der Waals surface area (Å²) in [5, 5.41) is 0. The molecular formula is C25H35N3O. The number of hydrogen-bond donors (Lipinski definition) is 0. The molecular weight excluding hydrogens is 358 g/mol. The van der Waals surface area contributed by atoms with Crippen LogP contribution in [0.1, 0.15) is 48.3 Å². The van der Waals surface area contributed by atoms with Crippen LogP contribution in [0.5, 0.6) is 0 Å². The molecule has 0 atom stereocenters. The quantitative estimate of drug-likeness (QED) is 0.765. The fourth-order valence-electron chi connectivity index (χ4n) is 5.79. The zero-order chi connectivity index (χ0) is 19.7. The molecule has 3 aliphatic heterocycles. The molecule has 0 amide bonds. The van der Waals surface area contributed by atoms with Crippen LogP contribution in [-0.2, 0) is 18.5 Å². The highest BCUT2D eigenvalue weighted by Crippen LogP contribution is 2.42. The maximum absolute atomic E-state index is 5.82. The van der Waals surface area contributed by atoms with Crippen molar-refractivity contribution >= 4 is 0 Å². The predicted molar refractivity (Wildman–Crippen MR) is 117 cm³/mol. The summed E-state index contributed by atoms with van der Waals surface area (Å²) in [7, 11) is 0. The van der Waals surface area contributed by atoms with Crippen LogP contribution >= 0.6 is 0 Å². The third kappa shape index (κ3) is 4.16. The lowest BCUT2D eigenvalue weighted by Crippen LogP contribution is -2.52. The Morgan fingerprint density at radius 3 is 2.38 bits per heavy atom. The molecule has 0 radical (unpaired) electrons. The van der Waals surface area contributed by atoms with Crippen molar-refractivity contribution < 1.29 is 4.42 Å². The average Bonchev–Trinajstić information content (AvgIpc) is 3.40. The Bertz CT molecular complexity index is 815. The molecule has 1 spiro atoms. The van der Waals surface area contributed by atoms with E-state index < -0.39 is 0 Å². The molecule has 0 bridgehead atoms. The summed E-state index contributed by atoms with van der Waals surface area (Å²) < 4.78 is 5.82. The molecule has 2 aromatic rings. The Morgan fingerprint density at radius 1 is 0.862 bits per heavy atom.